The summed E-state index contributed by atoms with van der Waals surface area (Å²) in [6, 6.07) is 0. The van der Waals surface area contributed by atoms with Gasteiger partial charge in [0, 0.05) is 58.8 Å². The van der Waals surface area contributed by atoms with Gasteiger partial charge >= 0.3 is 0 Å². The normalized spacial score (nSPS) is 23.0. The van der Waals surface area contributed by atoms with Gasteiger partial charge in [-0.3, -0.25) is 4.79 Å². The second-order valence-corrected chi connectivity index (χ2v) is 7.72. The van der Waals surface area contributed by atoms with Crippen LogP contribution in [0.4, 0.5) is 0 Å². The van der Waals surface area contributed by atoms with Crippen molar-refractivity contribution in [1.82, 2.24) is 19.4 Å². The molecule has 0 radical (unpaired) electrons. The number of amides is 1. The molecule has 1 N–H and O–H groups in total. The van der Waals surface area contributed by atoms with E-state index in [1.165, 1.54) is 10.6 Å². The second kappa shape index (κ2) is 7.53. The van der Waals surface area contributed by atoms with Crippen LogP contribution in [0, 0.1) is 0 Å². The molecule has 2 fully saturated rings. The Hall–Kier alpha value is -0.700. The summed E-state index contributed by atoms with van der Waals surface area (Å²) in [4.78, 5) is 16.2. The van der Waals surface area contributed by atoms with Crippen molar-refractivity contribution in [1.29, 1.82) is 0 Å². The second-order valence-electron chi connectivity index (χ2n) is 5.74. The van der Waals surface area contributed by atoms with E-state index in [0.717, 1.165) is 45.7 Å². The zero-order chi connectivity index (χ0) is 15.3. The van der Waals surface area contributed by atoms with Crippen LogP contribution in [-0.2, 0) is 14.8 Å². The molecule has 0 aromatic rings. The van der Waals surface area contributed by atoms with Crippen molar-refractivity contribution in [3.8, 4) is 0 Å². The van der Waals surface area contributed by atoms with Crippen LogP contribution in [0.2, 0.25) is 0 Å². The van der Waals surface area contributed by atoms with Crippen LogP contribution in [0.1, 0.15) is 12.8 Å². The van der Waals surface area contributed by atoms with Crippen LogP contribution in [0.15, 0.2) is 0 Å². The fourth-order valence-electron chi connectivity index (χ4n) is 2.83. The molecule has 0 aliphatic carbocycles. The number of carbonyl (C=O) groups excluding carboxylic acids is 1. The minimum atomic E-state index is -3.10. The lowest BCUT2D eigenvalue weighted by Crippen LogP contribution is -2.47. The molecule has 0 atom stereocenters. The average molecular weight is 318 g/mol. The van der Waals surface area contributed by atoms with E-state index < -0.39 is 10.0 Å². The molecule has 0 unspecified atom stereocenters. The smallest absolute Gasteiger partial charge is 0.223 e. The first-order valence-electron chi connectivity index (χ1n) is 7.63. The lowest BCUT2D eigenvalue weighted by molar-refractivity contribution is -0.132. The Balaban J connectivity index is 1.74. The lowest BCUT2D eigenvalue weighted by atomic mass is 10.3. The Bertz CT molecular complexity index is 448. The van der Waals surface area contributed by atoms with Gasteiger partial charge in [0.25, 0.3) is 0 Å². The molecule has 0 aromatic carbocycles. The largest absolute Gasteiger partial charge is 0.340 e. The number of carbonyl (C=O) groups is 1. The van der Waals surface area contributed by atoms with Gasteiger partial charge in [-0.25, -0.2) is 12.7 Å². The highest BCUT2D eigenvalue weighted by Gasteiger charge is 2.22. The summed E-state index contributed by atoms with van der Waals surface area (Å²) in [6.45, 7) is 6.74. The predicted molar refractivity (Wildman–Crippen MR) is 81.5 cm³/mol. The molecule has 2 rings (SSSR count). The summed E-state index contributed by atoms with van der Waals surface area (Å²) in [6.07, 6.45) is 2.62. The first kappa shape index (κ1) is 16.7. The van der Waals surface area contributed by atoms with Gasteiger partial charge in [0.1, 0.15) is 0 Å². The van der Waals surface area contributed by atoms with Gasteiger partial charge in [0.2, 0.25) is 15.9 Å². The highest BCUT2D eigenvalue weighted by atomic mass is 32.2. The van der Waals surface area contributed by atoms with E-state index in [2.05, 4.69) is 10.2 Å². The fourth-order valence-corrected chi connectivity index (χ4v) is 3.70. The number of sulfonamides is 1. The zero-order valence-corrected chi connectivity index (χ0v) is 13.6. The third-order valence-corrected chi connectivity index (χ3v) is 5.43. The highest BCUT2D eigenvalue weighted by molar-refractivity contribution is 7.88. The van der Waals surface area contributed by atoms with Gasteiger partial charge in [0.05, 0.1) is 6.26 Å². The van der Waals surface area contributed by atoms with Crippen molar-refractivity contribution < 1.29 is 13.2 Å². The molecule has 1 amide bonds. The molecular formula is C13H26N4O3S. The van der Waals surface area contributed by atoms with Crippen LogP contribution < -0.4 is 5.32 Å². The van der Waals surface area contributed by atoms with E-state index >= 15 is 0 Å². The van der Waals surface area contributed by atoms with Gasteiger partial charge in [-0.15, -0.1) is 0 Å². The molecule has 122 valence electrons. The Kier molecular flexibility index (Phi) is 5.98. The van der Waals surface area contributed by atoms with Crippen molar-refractivity contribution in [3.63, 3.8) is 0 Å². The first-order chi connectivity index (χ1) is 9.97. The van der Waals surface area contributed by atoms with Crippen molar-refractivity contribution in [2.45, 2.75) is 12.8 Å². The van der Waals surface area contributed by atoms with E-state index in [0.29, 0.717) is 26.1 Å². The van der Waals surface area contributed by atoms with Crippen LogP contribution >= 0.6 is 0 Å². The average Bonchev–Trinajstić information content (AvgIpc) is 2.71. The molecule has 0 spiro atoms. The number of nitrogens with zero attached hydrogens (tertiary/aromatic N) is 3. The van der Waals surface area contributed by atoms with Crippen molar-refractivity contribution in [3.05, 3.63) is 0 Å². The number of hydrogen-bond acceptors (Lipinski definition) is 5. The molecule has 8 heteroatoms. The molecule has 21 heavy (non-hydrogen) atoms. The molecule has 2 aliphatic heterocycles. The van der Waals surface area contributed by atoms with E-state index in [1.807, 2.05) is 4.90 Å². The van der Waals surface area contributed by atoms with Crippen molar-refractivity contribution in [2.24, 2.45) is 0 Å². The van der Waals surface area contributed by atoms with Gasteiger partial charge in [0.15, 0.2) is 0 Å². The maximum atomic E-state index is 12.1. The van der Waals surface area contributed by atoms with Crippen molar-refractivity contribution >= 4 is 15.9 Å². The molecular weight excluding hydrogens is 292 g/mol. The fraction of sp³-hybridized carbons (Fsp3) is 0.923. The number of hydrogen-bond donors (Lipinski definition) is 1. The van der Waals surface area contributed by atoms with Crippen molar-refractivity contribution in [2.75, 3.05) is 65.2 Å². The van der Waals surface area contributed by atoms with Gasteiger partial charge in [-0.1, -0.05) is 0 Å². The van der Waals surface area contributed by atoms with Gasteiger partial charge < -0.3 is 15.1 Å². The van der Waals surface area contributed by atoms with Crippen LogP contribution in [0.3, 0.4) is 0 Å². The Morgan fingerprint density at radius 1 is 1.05 bits per heavy atom. The predicted octanol–water partition coefficient (Wildman–Crippen LogP) is -1.22. The minimum absolute atomic E-state index is 0.209. The van der Waals surface area contributed by atoms with Crippen LogP contribution in [-0.4, -0.2) is 93.6 Å². The topological polar surface area (TPSA) is 73.0 Å². The molecule has 0 bridgehead atoms. The summed E-state index contributed by atoms with van der Waals surface area (Å²) in [5, 5.41) is 3.24. The Morgan fingerprint density at radius 2 is 1.76 bits per heavy atom. The maximum absolute atomic E-state index is 12.1. The highest BCUT2D eigenvalue weighted by Crippen LogP contribution is 2.08. The molecule has 7 nitrogen and oxygen atoms in total. The summed E-state index contributed by atoms with van der Waals surface area (Å²) in [7, 11) is -3.10. The van der Waals surface area contributed by atoms with Crippen LogP contribution in [0.25, 0.3) is 0 Å². The SMILES string of the molecule is CS(=O)(=O)N1CCCN(CCC(=O)N2CCNCC2)CC1. The summed E-state index contributed by atoms with van der Waals surface area (Å²) in [5.41, 5.74) is 0. The lowest BCUT2D eigenvalue weighted by Gasteiger charge is -2.28. The first-order valence-corrected chi connectivity index (χ1v) is 9.47. The van der Waals surface area contributed by atoms with E-state index in [-0.39, 0.29) is 5.91 Å². The monoisotopic (exact) mass is 318 g/mol. The van der Waals surface area contributed by atoms with Gasteiger partial charge in [-0.2, -0.15) is 0 Å². The van der Waals surface area contributed by atoms with E-state index in [1.54, 1.807) is 0 Å². The number of piperazine rings is 1. The van der Waals surface area contributed by atoms with E-state index in [4.69, 9.17) is 0 Å². The Labute approximate surface area is 127 Å². The van der Waals surface area contributed by atoms with Crippen LogP contribution in [0.5, 0.6) is 0 Å². The number of rotatable bonds is 4. The van der Waals surface area contributed by atoms with E-state index in [9.17, 15) is 13.2 Å². The van der Waals surface area contributed by atoms with Gasteiger partial charge in [-0.05, 0) is 13.0 Å². The molecule has 0 aromatic heterocycles. The molecule has 2 saturated heterocycles. The summed E-state index contributed by atoms with van der Waals surface area (Å²) >= 11 is 0. The third kappa shape index (κ3) is 5.21. The third-order valence-electron chi connectivity index (χ3n) is 4.13. The summed E-state index contributed by atoms with van der Waals surface area (Å²) in [5.74, 6) is 0.209. The molecule has 2 aliphatic rings. The number of nitrogens with one attached hydrogen (secondary N) is 1. The Morgan fingerprint density at radius 3 is 2.43 bits per heavy atom. The quantitative estimate of drug-likeness (QED) is 0.703. The summed E-state index contributed by atoms with van der Waals surface area (Å²) < 4.78 is 24.7. The zero-order valence-electron chi connectivity index (χ0n) is 12.8. The maximum Gasteiger partial charge on any atom is 0.223 e. The standard InChI is InChI=1S/C13H26N4O3S/c1-21(19,20)17-7-2-6-15(11-12-17)8-3-13(18)16-9-4-14-5-10-16/h14H,2-12H2,1H3. The molecule has 0 saturated carbocycles. The molecule has 2 heterocycles. The minimum Gasteiger partial charge on any atom is -0.340 e.